The van der Waals surface area contributed by atoms with Crippen molar-refractivity contribution in [3.05, 3.63) is 35.1 Å². The molecule has 0 unspecified atom stereocenters. The number of thiazole rings is 1. The van der Waals surface area contributed by atoms with Crippen molar-refractivity contribution in [3.63, 3.8) is 0 Å². The number of carbonyl (C=O) groups excluding carboxylic acids is 2. The SMILES string of the molecule is CNC(=O)c1cc(CNc2ncsc2OC(C)=O)ccn1. The molecule has 8 heteroatoms. The first-order valence-electron chi connectivity index (χ1n) is 6.13. The number of hydrogen-bond donors (Lipinski definition) is 2. The molecule has 0 aliphatic carbocycles. The van der Waals surface area contributed by atoms with E-state index in [-0.39, 0.29) is 5.91 Å². The second-order valence-corrected chi connectivity index (χ2v) is 4.88. The summed E-state index contributed by atoms with van der Waals surface area (Å²) in [7, 11) is 1.55. The van der Waals surface area contributed by atoms with Gasteiger partial charge in [0.1, 0.15) is 5.69 Å². The number of hydrogen-bond acceptors (Lipinski definition) is 7. The quantitative estimate of drug-likeness (QED) is 0.812. The van der Waals surface area contributed by atoms with Crippen LogP contribution in [0.1, 0.15) is 23.0 Å². The van der Waals surface area contributed by atoms with E-state index < -0.39 is 5.97 Å². The number of anilines is 1. The molecule has 2 rings (SSSR count). The fourth-order valence-corrected chi connectivity index (χ4v) is 2.23. The number of amides is 1. The zero-order chi connectivity index (χ0) is 15.2. The maximum atomic E-state index is 11.5. The standard InChI is InChI=1S/C13H14N4O3S/c1-8(18)20-13-11(17-7-21-13)16-6-9-3-4-15-10(5-9)12(19)14-2/h3-5,7,16H,6H2,1-2H3,(H,14,19). The third-order valence-corrected chi connectivity index (χ3v) is 3.22. The van der Waals surface area contributed by atoms with Crippen molar-refractivity contribution in [2.75, 3.05) is 12.4 Å². The molecule has 0 aromatic carbocycles. The number of rotatable bonds is 5. The van der Waals surface area contributed by atoms with Crippen LogP contribution in [0.4, 0.5) is 5.82 Å². The van der Waals surface area contributed by atoms with Gasteiger partial charge in [-0.25, -0.2) is 4.98 Å². The molecule has 0 saturated heterocycles. The Labute approximate surface area is 125 Å². The van der Waals surface area contributed by atoms with Gasteiger partial charge in [0.2, 0.25) is 5.06 Å². The number of carbonyl (C=O) groups is 2. The summed E-state index contributed by atoms with van der Waals surface area (Å²) in [6, 6.07) is 3.47. The maximum Gasteiger partial charge on any atom is 0.308 e. The van der Waals surface area contributed by atoms with Crippen LogP contribution in [0.25, 0.3) is 0 Å². The average Bonchev–Trinajstić information content (AvgIpc) is 2.91. The monoisotopic (exact) mass is 306 g/mol. The smallest absolute Gasteiger partial charge is 0.308 e. The molecule has 110 valence electrons. The summed E-state index contributed by atoms with van der Waals surface area (Å²) >= 11 is 1.23. The Morgan fingerprint density at radius 3 is 2.90 bits per heavy atom. The lowest BCUT2D eigenvalue weighted by Crippen LogP contribution is -2.19. The first kappa shape index (κ1) is 14.9. The number of nitrogens with one attached hydrogen (secondary N) is 2. The molecular formula is C13H14N4O3S. The lowest BCUT2D eigenvalue weighted by Gasteiger charge is -2.07. The van der Waals surface area contributed by atoms with Gasteiger partial charge in [-0.3, -0.25) is 14.6 Å². The molecule has 2 N–H and O–H groups in total. The summed E-state index contributed by atoms with van der Waals surface area (Å²) in [6.45, 7) is 1.77. The molecular weight excluding hydrogens is 292 g/mol. The van der Waals surface area contributed by atoms with Crippen LogP contribution < -0.4 is 15.4 Å². The molecule has 7 nitrogen and oxygen atoms in total. The van der Waals surface area contributed by atoms with Crippen LogP contribution in [0.5, 0.6) is 5.06 Å². The third-order valence-electron chi connectivity index (χ3n) is 2.52. The molecule has 2 aromatic rings. The van der Waals surface area contributed by atoms with Crippen LogP contribution in [0.2, 0.25) is 0 Å². The second kappa shape index (κ2) is 6.80. The largest absolute Gasteiger partial charge is 0.412 e. The van der Waals surface area contributed by atoms with Crippen molar-refractivity contribution in [2.24, 2.45) is 0 Å². The van der Waals surface area contributed by atoms with Crippen LogP contribution >= 0.6 is 11.3 Å². The van der Waals surface area contributed by atoms with E-state index in [0.29, 0.717) is 23.1 Å². The zero-order valence-electron chi connectivity index (χ0n) is 11.5. The van der Waals surface area contributed by atoms with Gasteiger partial charge in [0.25, 0.3) is 5.91 Å². The molecule has 2 aromatic heterocycles. The molecule has 0 atom stereocenters. The number of pyridine rings is 1. The fraction of sp³-hybridized carbons (Fsp3) is 0.231. The highest BCUT2D eigenvalue weighted by atomic mass is 32.1. The highest BCUT2D eigenvalue weighted by Gasteiger charge is 2.10. The Balaban J connectivity index is 2.05. The van der Waals surface area contributed by atoms with Crippen molar-refractivity contribution in [2.45, 2.75) is 13.5 Å². The first-order chi connectivity index (χ1) is 10.1. The molecule has 0 bridgehead atoms. The van der Waals surface area contributed by atoms with Crippen LogP contribution in [0, 0.1) is 0 Å². The van der Waals surface area contributed by atoms with Gasteiger partial charge >= 0.3 is 5.97 Å². The van der Waals surface area contributed by atoms with Crippen molar-refractivity contribution < 1.29 is 14.3 Å². The lowest BCUT2D eigenvalue weighted by molar-refractivity contribution is -0.131. The van der Waals surface area contributed by atoms with Crippen LogP contribution in [0.15, 0.2) is 23.8 Å². The third kappa shape index (κ3) is 3.99. The predicted octanol–water partition coefficient (Wildman–Crippen LogP) is 1.44. The number of ether oxygens (including phenoxy) is 1. The molecule has 0 aliphatic heterocycles. The number of nitrogens with zero attached hydrogens (tertiary/aromatic N) is 2. The molecule has 21 heavy (non-hydrogen) atoms. The Bertz CT molecular complexity index is 656. The molecule has 0 radical (unpaired) electrons. The average molecular weight is 306 g/mol. The molecule has 0 fully saturated rings. The Hall–Kier alpha value is -2.48. The summed E-state index contributed by atoms with van der Waals surface area (Å²) in [6.07, 6.45) is 1.57. The lowest BCUT2D eigenvalue weighted by atomic mass is 10.2. The van der Waals surface area contributed by atoms with E-state index in [9.17, 15) is 9.59 Å². The van der Waals surface area contributed by atoms with Crippen molar-refractivity contribution in [1.29, 1.82) is 0 Å². The topological polar surface area (TPSA) is 93.2 Å². The molecule has 0 saturated carbocycles. The van der Waals surface area contributed by atoms with E-state index in [0.717, 1.165) is 5.56 Å². The normalized spacial score (nSPS) is 10.0. The second-order valence-electron chi connectivity index (χ2n) is 4.06. The minimum atomic E-state index is -0.395. The highest BCUT2D eigenvalue weighted by Crippen LogP contribution is 2.28. The van der Waals surface area contributed by atoms with E-state index >= 15 is 0 Å². The van der Waals surface area contributed by atoms with Crippen molar-refractivity contribution >= 4 is 29.0 Å². The summed E-state index contributed by atoms with van der Waals surface area (Å²) in [5.74, 6) is -0.146. The van der Waals surface area contributed by atoms with E-state index in [1.54, 1.807) is 30.9 Å². The van der Waals surface area contributed by atoms with Gasteiger partial charge in [-0.1, -0.05) is 11.3 Å². The van der Waals surface area contributed by atoms with Gasteiger partial charge in [0.05, 0.1) is 5.51 Å². The van der Waals surface area contributed by atoms with E-state index in [2.05, 4.69) is 20.6 Å². The first-order valence-corrected chi connectivity index (χ1v) is 7.01. The van der Waals surface area contributed by atoms with E-state index in [1.165, 1.54) is 18.3 Å². The number of esters is 1. The molecule has 0 aliphatic rings. The maximum absolute atomic E-state index is 11.5. The van der Waals surface area contributed by atoms with Crippen LogP contribution in [0.3, 0.4) is 0 Å². The molecule has 0 spiro atoms. The minimum Gasteiger partial charge on any atom is -0.412 e. The summed E-state index contributed by atoms with van der Waals surface area (Å²) in [5.41, 5.74) is 2.80. The van der Waals surface area contributed by atoms with Gasteiger partial charge in [-0.05, 0) is 17.7 Å². The zero-order valence-corrected chi connectivity index (χ0v) is 12.4. The van der Waals surface area contributed by atoms with Gasteiger partial charge in [0, 0.05) is 26.7 Å². The van der Waals surface area contributed by atoms with Crippen LogP contribution in [-0.2, 0) is 11.3 Å². The highest BCUT2D eigenvalue weighted by molar-refractivity contribution is 7.12. The van der Waals surface area contributed by atoms with Gasteiger partial charge < -0.3 is 15.4 Å². The van der Waals surface area contributed by atoms with Crippen LogP contribution in [-0.4, -0.2) is 28.9 Å². The molecule has 1 amide bonds. The van der Waals surface area contributed by atoms with E-state index in [4.69, 9.17) is 4.74 Å². The molecule has 2 heterocycles. The van der Waals surface area contributed by atoms with Gasteiger partial charge in [-0.2, -0.15) is 0 Å². The summed E-state index contributed by atoms with van der Waals surface area (Å²) < 4.78 is 5.03. The Morgan fingerprint density at radius 2 is 2.19 bits per heavy atom. The predicted molar refractivity (Wildman–Crippen MR) is 78.4 cm³/mol. The van der Waals surface area contributed by atoms with Crippen molar-refractivity contribution in [1.82, 2.24) is 15.3 Å². The Morgan fingerprint density at radius 1 is 1.38 bits per heavy atom. The van der Waals surface area contributed by atoms with Crippen molar-refractivity contribution in [3.8, 4) is 5.06 Å². The minimum absolute atomic E-state index is 0.244. The summed E-state index contributed by atoms with van der Waals surface area (Å²) in [4.78, 5) is 30.6. The fourth-order valence-electron chi connectivity index (χ4n) is 1.58. The van der Waals surface area contributed by atoms with E-state index in [1.807, 2.05) is 0 Å². The Kier molecular flexibility index (Phi) is 4.83. The number of aromatic nitrogens is 2. The summed E-state index contributed by atoms with van der Waals surface area (Å²) in [5, 5.41) is 6.00. The van der Waals surface area contributed by atoms with Gasteiger partial charge in [-0.15, -0.1) is 0 Å². The van der Waals surface area contributed by atoms with Gasteiger partial charge in [0.15, 0.2) is 5.82 Å².